The van der Waals surface area contributed by atoms with Gasteiger partial charge in [-0.1, -0.05) is 13.3 Å². The largest absolute Gasteiger partial charge is 0.465 e. The van der Waals surface area contributed by atoms with Gasteiger partial charge in [0.1, 0.15) is 6.04 Å². The third-order valence-corrected chi connectivity index (χ3v) is 2.79. The topological polar surface area (TPSA) is 52.3 Å². The Morgan fingerprint density at radius 3 is 2.58 bits per heavy atom. The molecule has 1 atom stereocenters. The Balaban J connectivity index is 2.45. The van der Waals surface area contributed by atoms with Crippen molar-refractivity contribution in [1.82, 2.24) is 0 Å². The number of rotatable bonds is 3. The average Bonchev–Trinajstić information content (AvgIpc) is 1.99. The van der Waals surface area contributed by atoms with Crippen molar-refractivity contribution in [2.24, 2.45) is 11.1 Å². The summed E-state index contributed by atoms with van der Waals surface area (Å²) in [5.41, 5.74) is 5.77. The molecule has 1 saturated carbocycles. The number of nitrogens with two attached hydrogens (primary N) is 1. The lowest BCUT2D eigenvalue weighted by molar-refractivity contribution is -0.149. The second kappa shape index (κ2) is 3.44. The maximum Gasteiger partial charge on any atom is 0.323 e. The Hall–Kier alpha value is -0.570. The minimum Gasteiger partial charge on any atom is -0.465 e. The summed E-state index contributed by atoms with van der Waals surface area (Å²) < 4.78 is 4.86. The van der Waals surface area contributed by atoms with Crippen molar-refractivity contribution in [2.45, 2.75) is 39.2 Å². The minimum atomic E-state index is -0.425. The van der Waals surface area contributed by atoms with Crippen LogP contribution in [0.3, 0.4) is 0 Å². The number of ether oxygens (including phenoxy) is 1. The molecule has 0 aromatic heterocycles. The summed E-state index contributed by atoms with van der Waals surface area (Å²) in [6.07, 6.45) is 3.28. The highest BCUT2D eigenvalue weighted by Crippen LogP contribution is 2.42. The summed E-state index contributed by atoms with van der Waals surface area (Å²) in [5, 5.41) is 0. The quantitative estimate of drug-likeness (QED) is 0.646. The molecule has 1 aliphatic carbocycles. The van der Waals surface area contributed by atoms with E-state index in [1.807, 2.05) is 0 Å². The van der Waals surface area contributed by atoms with E-state index in [0.717, 1.165) is 12.8 Å². The molecule has 2 N–H and O–H groups in total. The molecule has 0 unspecified atom stereocenters. The predicted octanol–water partition coefficient (Wildman–Crippen LogP) is 1.07. The lowest BCUT2D eigenvalue weighted by Gasteiger charge is -2.41. The van der Waals surface area contributed by atoms with Crippen molar-refractivity contribution in [1.29, 1.82) is 0 Å². The van der Waals surface area contributed by atoms with Crippen molar-refractivity contribution in [2.75, 3.05) is 6.61 Å². The van der Waals surface area contributed by atoms with Crippen LogP contribution >= 0.6 is 0 Å². The van der Waals surface area contributed by atoms with Crippen LogP contribution in [-0.2, 0) is 9.53 Å². The van der Waals surface area contributed by atoms with Crippen molar-refractivity contribution in [3.8, 4) is 0 Å². The predicted molar refractivity (Wildman–Crippen MR) is 46.6 cm³/mol. The fourth-order valence-electron chi connectivity index (χ4n) is 1.56. The van der Waals surface area contributed by atoms with E-state index in [9.17, 15) is 4.79 Å². The standard InChI is InChI=1S/C9H17NO2/c1-3-12-8(11)7(10)9(2)5-4-6-9/h7H,3-6,10H2,1-2H3/t7-/m0/s1. The lowest BCUT2D eigenvalue weighted by Crippen LogP contribution is -2.50. The van der Waals surface area contributed by atoms with E-state index < -0.39 is 6.04 Å². The Kier molecular flexibility index (Phi) is 2.73. The Bertz CT molecular complexity index is 175. The van der Waals surface area contributed by atoms with Crippen LogP contribution in [0.5, 0.6) is 0 Å². The van der Waals surface area contributed by atoms with Crippen LogP contribution < -0.4 is 5.73 Å². The van der Waals surface area contributed by atoms with Crippen LogP contribution in [0, 0.1) is 5.41 Å². The van der Waals surface area contributed by atoms with E-state index in [2.05, 4.69) is 6.92 Å². The van der Waals surface area contributed by atoms with E-state index >= 15 is 0 Å². The highest BCUT2D eigenvalue weighted by molar-refractivity contribution is 5.76. The molecule has 12 heavy (non-hydrogen) atoms. The lowest BCUT2D eigenvalue weighted by atomic mass is 9.66. The van der Waals surface area contributed by atoms with Gasteiger partial charge < -0.3 is 10.5 Å². The Morgan fingerprint density at radius 1 is 1.67 bits per heavy atom. The van der Waals surface area contributed by atoms with Crippen molar-refractivity contribution in [3.05, 3.63) is 0 Å². The molecule has 70 valence electrons. The first-order valence-electron chi connectivity index (χ1n) is 4.52. The van der Waals surface area contributed by atoms with Gasteiger partial charge in [-0.25, -0.2) is 0 Å². The smallest absolute Gasteiger partial charge is 0.323 e. The van der Waals surface area contributed by atoms with Crippen molar-refractivity contribution in [3.63, 3.8) is 0 Å². The van der Waals surface area contributed by atoms with E-state index in [-0.39, 0.29) is 11.4 Å². The van der Waals surface area contributed by atoms with Crippen LogP contribution in [0.25, 0.3) is 0 Å². The molecule has 0 saturated heterocycles. The van der Waals surface area contributed by atoms with Crippen LogP contribution in [-0.4, -0.2) is 18.6 Å². The summed E-state index contributed by atoms with van der Waals surface area (Å²) >= 11 is 0. The molecule has 0 heterocycles. The molecule has 3 nitrogen and oxygen atoms in total. The molecule has 1 fully saturated rings. The zero-order valence-corrected chi connectivity index (χ0v) is 7.80. The molecule has 0 spiro atoms. The van der Waals surface area contributed by atoms with Gasteiger partial charge in [-0.15, -0.1) is 0 Å². The van der Waals surface area contributed by atoms with Crippen LogP contribution in [0.4, 0.5) is 0 Å². The Labute approximate surface area is 73.3 Å². The fraction of sp³-hybridized carbons (Fsp3) is 0.889. The molecule has 0 aromatic carbocycles. The first-order valence-corrected chi connectivity index (χ1v) is 4.52. The number of esters is 1. The van der Waals surface area contributed by atoms with E-state index in [1.165, 1.54) is 6.42 Å². The highest BCUT2D eigenvalue weighted by Gasteiger charge is 2.42. The van der Waals surface area contributed by atoms with Gasteiger partial charge in [0, 0.05) is 0 Å². The van der Waals surface area contributed by atoms with Gasteiger partial charge in [0.05, 0.1) is 6.61 Å². The first-order chi connectivity index (χ1) is 5.60. The first kappa shape index (κ1) is 9.52. The van der Waals surface area contributed by atoms with Gasteiger partial charge >= 0.3 is 5.97 Å². The second-order valence-corrected chi connectivity index (χ2v) is 3.74. The number of carbonyl (C=O) groups is 1. The maximum atomic E-state index is 11.2. The molecule has 0 aliphatic heterocycles. The second-order valence-electron chi connectivity index (χ2n) is 3.74. The third-order valence-electron chi connectivity index (χ3n) is 2.79. The zero-order valence-electron chi connectivity index (χ0n) is 7.80. The summed E-state index contributed by atoms with van der Waals surface area (Å²) in [6.45, 7) is 4.27. The molecule has 1 rings (SSSR count). The van der Waals surface area contributed by atoms with Crippen molar-refractivity contribution >= 4 is 5.97 Å². The maximum absolute atomic E-state index is 11.2. The molecule has 3 heteroatoms. The van der Waals surface area contributed by atoms with E-state index in [4.69, 9.17) is 10.5 Å². The number of hydrogen-bond acceptors (Lipinski definition) is 3. The molecule has 0 bridgehead atoms. The SMILES string of the molecule is CCOC(=O)[C@H](N)C1(C)CCC1. The van der Waals surface area contributed by atoms with E-state index in [0.29, 0.717) is 6.61 Å². The average molecular weight is 171 g/mol. The summed E-state index contributed by atoms with van der Waals surface area (Å²) in [5.74, 6) is -0.250. The molecular weight excluding hydrogens is 154 g/mol. The zero-order chi connectivity index (χ0) is 9.19. The monoisotopic (exact) mass is 171 g/mol. The minimum absolute atomic E-state index is 0.00620. The van der Waals surface area contributed by atoms with Crippen LogP contribution in [0.15, 0.2) is 0 Å². The Morgan fingerprint density at radius 2 is 2.25 bits per heavy atom. The molecule has 0 amide bonds. The van der Waals surface area contributed by atoms with Gasteiger partial charge in [-0.2, -0.15) is 0 Å². The van der Waals surface area contributed by atoms with E-state index in [1.54, 1.807) is 6.92 Å². The van der Waals surface area contributed by atoms with Gasteiger partial charge in [-0.05, 0) is 25.2 Å². The van der Waals surface area contributed by atoms with Gasteiger partial charge in [0.2, 0.25) is 0 Å². The number of hydrogen-bond donors (Lipinski definition) is 1. The highest BCUT2D eigenvalue weighted by atomic mass is 16.5. The molecule has 0 aromatic rings. The van der Waals surface area contributed by atoms with Gasteiger partial charge in [-0.3, -0.25) is 4.79 Å². The summed E-state index contributed by atoms with van der Waals surface area (Å²) in [6, 6.07) is -0.425. The van der Waals surface area contributed by atoms with Gasteiger partial charge in [0.15, 0.2) is 0 Å². The van der Waals surface area contributed by atoms with Crippen LogP contribution in [0.2, 0.25) is 0 Å². The van der Waals surface area contributed by atoms with Crippen molar-refractivity contribution < 1.29 is 9.53 Å². The molecule has 1 aliphatic rings. The molecular formula is C9H17NO2. The summed E-state index contributed by atoms with van der Waals surface area (Å²) in [7, 11) is 0. The van der Waals surface area contributed by atoms with Gasteiger partial charge in [0.25, 0.3) is 0 Å². The molecule has 0 radical (unpaired) electrons. The summed E-state index contributed by atoms with van der Waals surface area (Å²) in [4.78, 5) is 11.2. The normalized spacial score (nSPS) is 22.6. The van der Waals surface area contributed by atoms with Crippen LogP contribution in [0.1, 0.15) is 33.1 Å². The number of carbonyl (C=O) groups excluding carboxylic acids is 1. The fourth-order valence-corrected chi connectivity index (χ4v) is 1.56. The third kappa shape index (κ3) is 1.61.